The van der Waals surface area contributed by atoms with E-state index >= 15 is 0 Å². The van der Waals surface area contributed by atoms with Crippen LogP contribution in [0.2, 0.25) is 0 Å². The molecule has 3 nitrogen and oxygen atoms in total. The van der Waals surface area contributed by atoms with Crippen molar-refractivity contribution in [3.8, 4) is 39.4 Å². The first-order chi connectivity index (χ1) is 13.8. The van der Waals surface area contributed by atoms with Crippen LogP contribution in [0.4, 0.5) is 0 Å². The molecular formula is C25H18N2O. The van der Waals surface area contributed by atoms with Gasteiger partial charge in [0.1, 0.15) is 5.75 Å². The Labute approximate surface area is 163 Å². The van der Waals surface area contributed by atoms with Gasteiger partial charge in [-0.05, 0) is 42.0 Å². The maximum absolute atomic E-state index is 10.2. The number of benzene rings is 3. The van der Waals surface area contributed by atoms with Gasteiger partial charge < -0.3 is 10.1 Å². The first-order valence-corrected chi connectivity index (χ1v) is 9.21. The number of nitrogens with zero attached hydrogens (tertiary/aromatic N) is 1. The van der Waals surface area contributed by atoms with Gasteiger partial charge in [0.05, 0.1) is 16.9 Å². The lowest BCUT2D eigenvalue weighted by atomic mass is 10.00. The van der Waals surface area contributed by atoms with E-state index in [2.05, 4.69) is 58.5 Å². The Morgan fingerprint density at radius 1 is 0.679 bits per heavy atom. The number of phenols is 1. The molecule has 0 aliphatic heterocycles. The van der Waals surface area contributed by atoms with E-state index in [4.69, 9.17) is 0 Å². The highest BCUT2D eigenvalue weighted by Gasteiger charge is 2.11. The Bertz CT molecular complexity index is 1270. The zero-order valence-electron chi connectivity index (χ0n) is 15.1. The van der Waals surface area contributed by atoms with Gasteiger partial charge in [-0.3, -0.25) is 4.98 Å². The van der Waals surface area contributed by atoms with Crippen LogP contribution in [0, 0.1) is 0 Å². The van der Waals surface area contributed by atoms with Gasteiger partial charge in [0.2, 0.25) is 0 Å². The lowest BCUT2D eigenvalue weighted by Crippen LogP contribution is -1.85. The number of pyridine rings is 1. The number of hydrogen-bond acceptors (Lipinski definition) is 2. The predicted molar refractivity (Wildman–Crippen MR) is 114 cm³/mol. The number of hydrogen-bond donors (Lipinski definition) is 2. The summed E-state index contributed by atoms with van der Waals surface area (Å²) in [6, 6.07) is 30.1. The number of aromatic nitrogens is 2. The molecule has 2 heterocycles. The van der Waals surface area contributed by atoms with E-state index in [1.807, 2.05) is 42.6 Å². The van der Waals surface area contributed by atoms with E-state index in [-0.39, 0.29) is 5.75 Å². The molecule has 2 aromatic heterocycles. The molecule has 134 valence electrons. The minimum atomic E-state index is 0.271. The van der Waals surface area contributed by atoms with Crippen LogP contribution in [0.1, 0.15) is 0 Å². The van der Waals surface area contributed by atoms with E-state index in [0.717, 1.165) is 44.5 Å². The van der Waals surface area contributed by atoms with Crippen molar-refractivity contribution in [3.63, 3.8) is 0 Å². The lowest BCUT2D eigenvalue weighted by molar-refractivity contribution is 0.477. The number of aromatic amines is 1. The number of rotatable bonds is 3. The second kappa shape index (κ2) is 6.71. The van der Waals surface area contributed by atoms with Crippen LogP contribution >= 0.6 is 0 Å². The largest absolute Gasteiger partial charge is 0.507 e. The Morgan fingerprint density at radius 3 is 2.32 bits per heavy atom. The summed E-state index contributed by atoms with van der Waals surface area (Å²) in [5, 5.41) is 11.3. The van der Waals surface area contributed by atoms with Crippen molar-refractivity contribution >= 4 is 10.9 Å². The fourth-order valence-electron chi connectivity index (χ4n) is 3.62. The Hall–Kier alpha value is -3.85. The maximum atomic E-state index is 10.2. The molecule has 0 unspecified atom stereocenters. The molecule has 0 aliphatic carbocycles. The van der Waals surface area contributed by atoms with Crippen LogP contribution in [0.25, 0.3) is 44.5 Å². The first kappa shape index (κ1) is 16.3. The van der Waals surface area contributed by atoms with Gasteiger partial charge in [0.25, 0.3) is 0 Å². The second-order valence-electron chi connectivity index (χ2n) is 6.77. The number of H-pyrrole nitrogens is 1. The summed E-state index contributed by atoms with van der Waals surface area (Å²) in [4.78, 5) is 7.97. The van der Waals surface area contributed by atoms with Gasteiger partial charge in [-0.2, -0.15) is 0 Å². The van der Waals surface area contributed by atoms with Crippen LogP contribution in [-0.4, -0.2) is 15.1 Å². The summed E-state index contributed by atoms with van der Waals surface area (Å²) < 4.78 is 0. The van der Waals surface area contributed by atoms with Crippen molar-refractivity contribution in [2.24, 2.45) is 0 Å². The monoisotopic (exact) mass is 362 g/mol. The molecule has 0 spiro atoms. The molecule has 3 aromatic carbocycles. The van der Waals surface area contributed by atoms with Gasteiger partial charge in [0.15, 0.2) is 0 Å². The predicted octanol–water partition coefficient (Wildman–Crippen LogP) is 6.27. The molecule has 28 heavy (non-hydrogen) atoms. The summed E-state index contributed by atoms with van der Waals surface area (Å²) in [7, 11) is 0. The van der Waals surface area contributed by atoms with Gasteiger partial charge in [-0.15, -0.1) is 0 Å². The van der Waals surface area contributed by atoms with Crippen molar-refractivity contribution in [1.29, 1.82) is 0 Å². The third-order valence-corrected chi connectivity index (χ3v) is 4.98. The topological polar surface area (TPSA) is 48.9 Å². The van der Waals surface area contributed by atoms with E-state index in [9.17, 15) is 5.11 Å². The Balaban J connectivity index is 1.65. The van der Waals surface area contributed by atoms with E-state index in [0.29, 0.717) is 0 Å². The third-order valence-electron chi connectivity index (χ3n) is 4.98. The quantitative estimate of drug-likeness (QED) is 0.397. The fourth-order valence-corrected chi connectivity index (χ4v) is 3.62. The summed E-state index contributed by atoms with van der Waals surface area (Å²) in [5.41, 5.74) is 7.05. The molecular weight excluding hydrogens is 344 g/mol. The number of aromatic hydroxyl groups is 1. The SMILES string of the molecule is Oc1ccccc1-c1cc2cccc(-c3cccc(-c4ccccn4)c3)c2[nH]1. The Morgan fingerprint density at radius 2 is 1.46 bits per heavy atom. The van der Waals surface area contributed by atoms with E-state index in [1.165, 1.54) is 0 Å². The fraction of sp³-hybridized carbons (Fsp3) is 0. The minimum Gasteiger partial charge on any atom is -0.507 e. The highest BCUT2D eigenvalue weighted by atomic mass is 16.3. The second-order valence-corrected chi connectivity index (χ2v) is 6.77. The minimum absolute atomic E-state index is 0.271. The summed E-state index contributed by atoms with van der Waals surface area (Å²) in [6.07, 6.45) is 1.81. The van der Waals surface area contributed by atoms with Crippen LogP contribution in [0.5, 0.6) is 5.75 Å². The van der Waals surface area contributed by atoms with Gasteiger partial charge in [0, 0.05) is 28.3 Å². The average Bonchev–Trinajstić information content (AvgIpc) is 3.19. The van der Waals surface area contributed by atoms with E-state index in [1.54, 1.807) is 6.07 Å². The maximum Gasteiger partial charge on any atom is 0.124 e. The summed E-state index contributed by atoms with van der Waals surface area (Å²) in [6.45, 7) is 0. The van der Waals surface area contributed by atoms with Crippen molar-refractivity contribution in [2.45, 2.75) is 0 Å². The normalized spacial score (nSPS) is 11.0. The summed E-state index contributed by atoms with van der Waals surface area (Å²) in [5.74, 6) is 0.271. The number of phenolic OH excluding ortho intramolecular Hbond substituents is 1. The molecule has 0 aliphatic rings. The van der Waals surface area contributed by atoms with Gasteiger partial charge >= 0.3 is 0 Å². The molecule has 0 saturated carbocycles. The number of para-hydroxylation sites is 2. The van der Waals surface area contributed by atoms with E-state index < -0.39 is 0 Å². The molecule has 0 amide bonds. The molecule has 0 radical (unpaired) electrons. The van der Waals surface area contributed by atoms with Crippen LogP contribution in [0.3, 0.4) is 0 Å². The first-order valence-electron chi connectivity index (χ1n) is 9.21. The Kier molecular flexibility index (Phi) is 3.91. The van der Waals surface area contributed by atoms with Crippen LogP contribution in [-0.2, 0) is 0 Å². The smallest absolute Gasteiger partial charge is 0.124 e. The highest BCUT2D eigenvalue weighted by molar-refractivity contribution is 5.98. The highest BCUT2D eigenvalue weighted by Crippen LogP contribution is 2.35. The number of nitrogens with one attached hydrogen (secondary N) is 1. The number of fused-ring (bicyclic) bond motifs is 1. The molecule has 5 rings (SSSR count). The van der Waals surface area contributed by atoms with Gasteiger partial charge in [-0.25, -0.2) is 0 Å². The van der Waals surface area contributed by atoms with Crippen molar-refractivity contribution in [2.75, 3.05) is 0 Å². The molecule has 0 fully saturated rings. The molecule has 3 heteroatoms. The zero-order chi connectivity index (χ0) is 18.9. The molecule has 2 N–H and O–H groups in total. The van der Waals surface area contributed by atoms with Crippen molar-refractivity contribution in [1.82, 2.24) is 9.97 Å². The van der Waals surface area contributed by atoms with Crippen molar-refractivity contribution in [3.05, 3.63) is 97.2 Å². The molecule has 0 bridgehead atoms. The molecule has 5 aromatic rings. The van der Waals surface area contributed by atoms with Crippen molar-refractivity contribution < 1.29 is 5.11 Å². The molecule has 0 saturated heterocycles. The summed E-state index contributed by atoms with van der Waals surface area (Å²) >= 11 is 0. The zero-order valence-corrected chi connectivity index (χ0v) is 15.1. The lowest BCUT2D eigenvalue weighted by Gasteiger charge is -2.07. The standard InChI is InChI=1S/C25H18N2O/c28-24-13-2-1-10-21(24)23-16-19-9-6-11-20(25(19)27-23)17-7-5-8-18(15-17)22-12-3-4-14-26-22/h1-16,27-28H. The third kappa shape index (κ3) is 2.83. The molecule has 0 atom stereocenters. The average molecular weight is 362 g/mol. The van der Waals surface area contributed by atoms with Crippen LogP contribution in [0.15, 0.2) is 97.2 Å². The van der Waals surface area contributed by atoms with Gasteiger partial charge in [-0.1, -0.05) is 54.6 Å². The van der Waals surface area contributed by atoms with Crippen LogP contribution < -0.4 is 0 Å².